The fourth-order valence-electron chi connectivity index (χ4n) is 10.3. The summed E-state index contributed by atoms with van der Waals surface area (Å²) in [5.74, 6) is 1.67. The van der Waals surface area contributed by atoms with Crippen molar-refractivity contribution in [3.63, 3.8) is 0 Å². The Labute approximate surface area is 482 Å². The number of rotatable bonds is 18. The van der Waals surface area contributed by atoms with Crippen molar-refractivity contribution in [2.45, 2.75) is 99.3 Å². The number of aromatic nitrogens is 4. The predicted molar refractivity (Wildman–Crippen MR) is 315 cm³/mol. The minimum absolute atomic E-state index is 0.0129. The topological polar surface area (TPSA) is 204 Å². The van der Waals surface area contributed by atoms with Gasteiger partial charge in [0.25, 0.3) is 0 Å². The second-order valence-corrected chi connectivity index (χ2v) is 26.7. The molecule has 0 aliphatic carbocycles. The lowest BCUT2D eigenvalue weighted by molar-refractivity contribution is -0.103. The van der Waals surface area contributed by atoms with Gasteiger partial charge >= 0.3 is 11.4 Å². The molecule has 2 aliphatic rings. The van der Waals surface area contributed by atoms with Crippen LogP contribution in [0, 0.1) is 0 Å². The van der Waals surface area contributed by atoms with Crippen LogP contribution in [0.1, 0.15) is 66.6 Å². The number of aliphatic hydroxyl groups excluding tert-OH is 2. The zero-order valence-electron chi connectivity index (χ0n) is 47.3. The maximum atomic E-state index is 18.0. The average Bonchev–Trinajstić information content (AvgIpc) is 3.38. The van der Waals surface area contributed by atoms with E-state index < -0.39 is 86.7 Å². The number of nitrogens with zero attached hydrogens (tertiary/aromatic N) is 4. The lowest BCUT2D eigenvalue weighted by Crippen LogP contribution is -2.47. The monoisotopic (exact) mass is 1150 g/mol. The van der Waals surface area contributed by atoms with E-state index in [0.29, 0.717) is 11.5 Å². The highest BCUT2D eigenvalue weighted by molar-refractivity contribution is 6.74. The van der Waals surface area contributed by atoms with Crippen molar-refractivity contribution in [2.75, 3.05) is 38.5 Å². The molecule has 16 nitrogen and oxygen atoms in total. The normalized spacial score (nSPS) is 21.0. The molecule has 10 rings (SSSR count). The summed E-state index contributed by atoms with van der Waals surface area (Å²) in [6.07, 6.45) is -8.25. The molecule has 2 fully saturated rings. The first kappa shape index (κ1) is 59.7. The first-order chi connectivity index (χ1) is 39.8. The highest BCUT2D eigenvalue weighted by Gasteiger charge is 2.54. The van der Waals surface area contributed by atoms with Crippen molar-refractivity contribution in [2.24, 2.45) is 0 Å². The van der Waals surface area contributed by atoms with Crippen molar-refractivity contribution >= 4 is 20.0 Å². The van der Waals surface area contributed by atoms with Crippen LogP contribution < -0.4 is 31.9 Å². The number of alkyl halides is 2. The Morgan fingerprint density at radius 2 is 1.02 bits per heavy atom. The van der Waals surface area contributed by atoms with Crippen LogP contribution in [0.2, 0.25) is 18.1 Å². The maximum absolute atomic E-state index is 18.0. The van der Waals surface area contributed by atoms with E-state index >= 15 is 4.39 Å². The molecule has 2 aliphatic heterocycles. The van der Waals surface area contributed by atoms with Crippen molar-refractivity contribution in [1.82, 2.24) is 19.1 Å². The Balaban J connectivity index is 0.000000416. The summed E-state index contributed by atoms with van der Waals surface area (Å²) >= 11 is 0. The van der Waals surface area contributed by atoms with E-state index in [1.54, 1.807) is 26.5 Å². The standard InChI is InChI=1S/C55H58FN3O6Si.C9H12FN3O4/c1-53(2,3)66(6,7)63-38-47-50(65-55(42-24-16-10-17-25-42,43-26-18-11-19-27-43)44-30-34-46(62-5)35-31-44)49(56)51(64-47)59-37-36-48(57-52(59)60)58-54(39-20-12-8-13-21-39,40-22-14-9-15-23-40)41-28-32-45(61-4)33-29-41;10-6-7(15)4(3-14)17-8(6)13-2-1-5(11)12-9(13)16/h8-37,47,49-51H,38H2,1-7H3,(H,57,58,60);1-2,4,6-8,14-15H,3H2,(H2,11,12,16)/t47-,49-,50-,51-;4-,6-,7-,8?/m11/s1. The van der Waals surface area contributed by atoms with Gasteiger partial charge < -0.3 is 49.4 Å². The van der Waals surface area contributed by atoms with Gasteiger partial charge in [-0.15, -0.1) is 0 Å². The molecule has 434 valence electrons. The number of benzene rings is 6. The molecule has 0 spiro atoms. The summed E-state index contributed by atoms with van der Waals surface area (Å²) in [5, 5.41) is 21.8. The summed E-state index contributed by atoms with van der Waals surface area (Å²) in [6, 6.07) is 58.0. The Bertz CT molecular complexity index is 3430. The molecule has 1 unspecified atom stereocenters. The smallest absolute Gasteiger partial charge is 0.351 e. The second-order valence-electron chi connectivity index (χ2n) is 21.9. The van der Waals surface area contributed by atoms with Crippen molar-refractivity contribution < 1.29 is 47.1 Å². The lowest BCUT2D eigenvalue weighted by atomic mass is 9.77. The van der Waals surface area contributed by atoms with Gasteiger partial charge in [0.1, 0.15) is 58.7 Å². The van der Waals surface area contributed by atoms with E-state index in [9.17, 15) is 19.1 Å². The van der Waals surface area contributed by atoms with Gasteiger partial charge in [-0.3, -0.25) is 9.13 Å². The molecule has 8 atom stereocenters. The highest BCUT2D eigenvalue weighted by atomic mass is 28.4. The molecule has 2 aromatic heterocycles. The van der Waals surface area contributed by atoms with Crippen LogP contribution in [0.25, 0.3) is 0 Å². The summed E-state index contributed by atoms with van der Waals surface area (Å²) < 4.78 is 70.8. The quantitative estimate of drug-likeness (QED) is 0.0467. The number of halogens is 2. The van der Waals surface area contributed by atoms with Crippen molar-refractivity contribution in [1.29, 1.82) is 0 Å². The number of aliphatic hydroxyl groups is 2. The molecule has 5 N–H and O–H groups in total. The molecule has 0 amide bonds. The largest absolute Gasteiger partial charge is 0.497 e. The number of nitrogen functional groups attached to an aromatic ring is 1. The van der Waals surface area contributed by atoms with Gasteiger partial charge in [-0.2, -0.15) is 9.97 Å². The molecule has 8 aromatic rings. The molecule has 4 heterocycles. The number of anilines is 2. The van der Waals surface area contributed by atoms with E-state index in [4.69, 9.17) is 39.0 Å². The van der Waals surface area contributed by atoms with Crippen LogP contribution >= 0.6 is 0 Å². The number of hydrogen-bond donors (Lipinski definition) is 4. The van der Waals surface area contributed by atoms with Crippen LogP contribution in [-0.4, -0.2) is 102 Å². The third kappa shape index (κ3) is 12.3. The predicted octanol–water partition coefficient (Wildman–Crippen LogP) is 9.71. The Morgan fingerprint density at radius 3 is 1.47 bits per heavy atom. The second kappa shape index (κ2) is 25.3. The number of nitrogens with two attached hydrogens (primary N) is 1. The number of hydrogen-bond acceptors (Lipinski definition) is 14. The number of methoxy groups -OCH3 is 2. The van der Waals surface area contributed by atoms with Gasteiger partial charge in [-0.1, -0.05) is 166 Å². The fourth-order valence-corrected chi connectivity index (χ4v) is 11.3. The van der Waals surface area contributed by atoms with Crippen LogP contribution in [0.4, 0.5) is 20.4 Å². The van der Waals surface area contributed by atoms with E-state index in [1.807, 2.05) is 170 Å². The van der Waals surface area contributed by atoms with Crippen molar-refractivity contribution in [3.05, 3.63) is 249 Å². The van der Waals surface area contributed by atoms with Crippen LogP contribution in [-0.2, 0) is 29.8 Å². The molecule has 6 aromatic carbocycles. The van der Waals surface area contributed by atoms with E-state index in [2.05, 4.69) is 49.1 Å². The van der Waals surface area contributed by atoms with Gasteiger partial charge in [-0.05, 0) is 87.9 Å². The number of nitrogens with one attached hydrogen (secondary N) is 1. The molecule has 19 heteroatoms. The van der Waals surface area contributed by atoms with E-state index in [0.717, 1.165) is 37.9 Å². The third-order valence-electron chi connectivity index (χ3n) is 15.8. The van der Waals surface area contributed by atoms with Gasteiger partial charge in [0, 0.05) is 12.4 Å². The summed E-state index contributed by atoms with van der Waals surface area (Å²) in [7, 11) is 0.864. The molecule has 0 bridgehead atoms. The first-order valence-electron chi connectivity index (χ1n) is 27.3. The third-order valence-corrected chi connectivity index (χ3v) is 20.3. The molecule has 0 saturated carbocycles. The summed E-state index contributed by atoms with van der Waals surface area (Å²) in [6.45, 7) is 10.3. The van der Waals surface area contributed by atoms with E-state index in [1.165, 1.54) is 16.8 Å². The average molecular weight is 1150 g/mol. The minimum Gasteiger partial charge on any atom is -0.497 e. The summed E-state index contributed by atoms with van der Waals surface area (Å²) in [5.41, 5.74) is 6.53. The van der Waals surface area contributed by atoms with Crippen molar-refractivity contribution in [3.8, 4) is 11.5 Å². The zero-order valence-corrected chi connectivity index (χ0v) is 48.3. The molecule has 83 heavy (non-hydrogen) atoms. The van der Waals surface area contributed by atoms with Gasteiger partial charge in [0.15, 0.2) is 33.1 Å². The van der Waals surface area contributed by atoms with Crippen LogP contribution in [0.3, 0.4) is 0 Å². The molecular formula is C64H70F2N6O10Si. The van der Waals surface area contributed by atoms with Crippen LogP contribution in [0.5, 0.6) is 11.5 Å². The minimum atomic E-state index is -2.39. The molecular weight excluding hydrogens is 1080 g/mol. The van der Waals surface area contributed by atoms with Gasteiger partial charge in [0.2, 0.25) is 0 Å². The fraction of sp³-hybridized carbons (Fsp3) is 0.312. The summed E-state index contributed by atoms with van der Waals surface area (Å²) in [4.78, 5) is 34.0. The Kier molecular flexibility index (Phi) is 18.2. The molecule has 2 saturated heterocycles. The SMILES string of the molecule is COc1ccc(C(Nc2ccn([C@@H]3O[C@H](CO[Si](C)(C)C(C)(C)C)[C@@H](OC(c4ccccc4)(c4ccccc4)c4ccc(OC)cc4)[C@H]3F)c(=O)n2)(c2ccccc2)c2ccccc2)cc1.Nc1ccn(C2O[C@H](CO)[C@@H](O)[C@H]2F)c(=O)n1. The molecule has 0 radical (unpaired) electrons. The lowest BCUT2D eigenvalue weighted by Gasteiger charge is -2.40. The van der Waals surface area contributed by atoms with Gasteiger partial charge in [-0.25, -0.2) is 18.4 Å². The van der Waals surface area contributed by atoms with Crippen LogP contribution in [0.15, 0.2) is 204 Å². The highest BCUT2D eigenvalue weighted by Crippen LogP contribution is 2.47. The Hall–Kier alpha value is -7.88. The Morgan fingerprint density at radius 1 is 0.602 bits per heavy atom. The van der Waals surface area contributed by atoms with E-state index in [-0.39, 0.29) is 23.3 Å². The first-order valence-corrected chi connectivity index (χ1v) is 30.2. The van der Waals surface area contributed by atoms with Gasteiger partial charge in [0.05, 0.1) is 27.4 Å². The maximum Gasteiger partial charge on any atom is 0.351 e. The number of ether oxygens (including phenoxy) is 5. The zero-order chi connectivity index (χ0) is 59.1.